The molecule has 0 bridgehead atoms. The van der Waals surface area contributed by atoms with Gasteiger partial charge in [-0.05, 0) is 11.5 Å². The predicted molar refractivity (Wildman–Crippen MR) is 137 cm³/mol. The predicted octanol–water partition coefficient (Wildman–Crippen LogP) is 6.42. The summed E-state index contributed by atoms with van der Waals surface area (Å²) in [6, 6.07) is 23.4. The molecule has 0 unspecified atom stereocenters. The Morgan fingerprint density at radius 3 is 2.14 bits per heavy atom. The first kappa shape index (κ1) is 27.8. The number of anilines is 1. The number of ketones is 1. The first-order chi connectivity index (χ1) is 16.5. The second-order valence-corrected chi connectivity index (χ2v) is 8.31. The molecule has 3 aromatic rings. The van der Waals surface area contributed by atoms with Crippen LogP contribution >= 0.6 is 0 Å². The van der Waals surface area contributed by atoms with Crippen molar-refractivity contribution < 1.29 is 30.0 Å². The summed E-state index contributed by atoms with van der Waals surface area (Å²) in [6.07, 6.45) is 10.1. The van der Waals surface area contributed by atoms with Gasteiger partial charge in [-0.2, -0.15) is 0 Å². The number of hydrogen-bond donors (Lipinski definition) is 3. The standard InChI is InChI=1S/C15H12O2.C13H17N4.Ir/c16-14(12-7-3-1-4-8-12)11-15(17)13-9-5-2-6-10-13;1-13(7-3-4-8-13)12(14)17-10-16-11-6-2-5-9-15-11;/h1-11,16H;2,5-6,9H,3-4,7-8H2,1H3,(H2,14,15,16,17);/q;-1;/b14-11-;;. The molecule has 0 spiro atoms. The largest absolute Gasteiger partial charge is 0.507 e. The van der Waals surface area contributed by atoms with Crippen molar-refractivity contribution in [2.24, 2.45) is 10.4 Å². The maximum atomic E-state index is 11.8. The summed E-state index contributed by atoms with van der Waals surface area (Å²) in [5, 5.41) is 20.6. The van der Waals surface area contributed by atoms with Crippen molar-refractivity contribution >= 4 is 29.5 Å². The number of allylic oxidation sites excluding steroid dienone is 1. The van der Waals surface area contributed by atoms with Crippen LogP contribution in [0.4, 0.5) is 5.82 Å². The Kier molecular flexibility index (Phi) is 11.2. The smallest absolute Gasteiger partial charge is 0.189 e. The Bertz CT molecular complexity index is 1130. The molecular weight excluding hydrogens is 617 g/mol. The minimum atomic E-state index is -0.202. The summed E-state index contributed by atoms with van der Waals surface area (Å²) >= 11 is 0. The van der Waals surface area contributed by atoms with Gasteiger partial charge < -0.3 is 25.8 Å². The summed E-state index contributed by atoms with van der Waals surface area (Å²) in [5.41, 5.74) is 1.14. The van der Waals surface area contributed by atoms with E-state index >= 15 is 0 Å². The van der Waals surface area contributed by atoms with Gasteiger partial charge in [-0.25, -0.2) is 0 Å². The molecule has 1 aromatic heterocycles. The maximum absolute atomic E-state index is 11.8. The number of carbonyl (C=O) groups is 1. The number of aliphatic imine (C=N–C) groups is 1. The second-order valence-electron chi connectivity index (χ2n) is 8.31. The number of aromatic nitrogens is 1. The average Bonchev–Trinajstić information content (AvgIpc) is 3.34. The molecule has 0 saturated heterocycles. The van der Waals surface area contributed by atoms with Crippen LogP contribution in [0.5, 0.6) is 0 Å². The monoisotopic (exact) mass is 646 g/mol. The van der Waals surface area contributed by atoms with E-state index < -0.39 is 0 Å². The van der Waals surface area contributed by atoms with E-state index in [9.17, 15) is 9.90 Å². The van der Waals surface area contributed by atoms with Gasteiger partial charge in [-0.3, -0.25) is 4.79 Å². The molecule has 1 aliphatic carbocycles. The van der Waals surface area contributed by atoms with Gasteiger partial charge in [0.05, 0.1) is 0 Å². The van der Waals surface area contributed by atoms with Crippen molar-refractivity contribution in [3.05, 3.63) is 102 Å². The van der Waals surface area contributed by atoms with Crippen LogP contribution in [0.1, 0.15) is 48.5 Å². The molecule has 4 rings (SSSR count). The van der Waals surface area contributed by atoms with Crippen LogP contribution in [0.3, 0.4) is 0 Å². The fraction of sp³-hybridized carbons (Fsp3) is 0.214. The van der Waals surface area contributed by atoms with Gasteiger partial charge in [0, 0.05) is 61.5 Å². The van der Waals surface area contributed by atoms with Crippen LogP contribution in [0.2, 0.25) is 0 Å². The molecule has 1 heterocycles. The Balaban J connectivity index is 0.000000240. The van der Waals surface area contributed by atoms with Crippen molar-refractivity contribution in [3.63, 3.8) is 0 Å². The third kappa shape index (κ3) is 8.71. The number of hydrogen-bond acceptors (Lipinski definition) is 4. The normalized spacial score (nSPS) is 14.4. The number of carbonyl (C=O) groups excluding carboxylic acids is 1. The summed E-state index contributed by atoms with van der Waals surface area (Å²) in [6.45, 7) is 2.11. The molecule has 183 valence electrons. The minimum absolute atomic E-state index is 0. The van der Waals surface area contributed by atoms with Crippen LogP contribution in [0, 0.1) is 10.8 Å². The van der Waals surface area contributed by atoms with Crippen molar-refractivity contribution in [2.75, 3.05) is 5.32 Å². The van der Waals surface area contributed by atoms with E-state index in [0.29, 0.717) is 22.8 Å². The maximum Gasteiger partial charge on any atom is 0.189 e. The molecular formula is C28H29IrN4O2-. The number of rotatable bonds is 6. The first-order valence-electron chi connectivity index (χ1n) is 11.3. The molecule has 0 amide bonds. The number of amidine groups is 1. The number of nitrogens with one attached hydrogen (secondary N) is 2. The van der Waals surface area contributed by atoms with Crippen molar-refractivity contribution in [3.8, 4) is 0 Å². The van der Waals surface area contributed by atoms with E-state index in [1.54, 1.807) is 42.6 Å². The quantitative estimate of drug-likeness (QED) is 0.0548. The number of nitrogens with zero attached hydrogens (tertiary/aromatic N) is 2. The number of pyridine rings is 1. The molecule has 0 aliphatic heterocycles. The average molecular weight is 646 g/mol. The Morgan fingerprint density at radius 1 is 1.00 bits per heavy atom. The van der Waals surface area contributed by atoms with Crippen LogP contribution in [0.25, 0.3) is 5.76 Å². The van der Waals surface area contributed by atoms with Crippen LogP contribution in [0.15, 0.2) is 96.1 Å². The zero-order valence-electron chi connectivity index (χ0n) is 19.6. The van der Waals surface area contributed by atoms with Crippen molar-refractivity contribution in [2.45, 2.75) is 32.6 Å². The van der Waals surface area contributed by atoms with Gasteiger partial charge in [0.1, 0.15) is 5.76 Å². The van der Waals surface area contributed by atoms with Crippen LogP contribution < -0.4 is 5.32 Å². The summed E-state index contributed by atoms with van der Waals surface area (Å²) < 4.78 is 0. The minimum Gasteiger partial charge on any atom is -0.507 e. The van der Waals surface area contributed by atoms with E-state index in [1.807, 2.05) is 42.5 Å². The SMILES string of the molecule is CC1(C(=N)N=[C-]Nc2ccccn2)CCCC1.O=C(/C=C(\O)c1ccccc1)c1ccccc1.[Ir]. The molecule has 1 saturated carbocycles. The van der Waals surface area contributed by atoms with E-state index in [4.69, 9.17) is 5.41 Å². The summed E-state index contributed by atoms with van der Waals surface area (Å²) in [5.74, 6) is 0.894. The van der Waals surface area contributed by atoms with E-state index in [2.05, 4.69) is 28.6 Å². The molecule has 1 aliphatic rings. The van der Waals surface area contributed by atoms with Crippen molar-refractivity contribution in [1.29, 1.82) is 5.41 Å². The van der Waals surface area contributed by atoms with E-state index in [-0.39, 0.29) is 37.1 Å². The fourth-order valence-electron chi connectivity index (χ4n) is 3.61. The molecule has 7 heteroatoms. The van der Waals surface area contributed by atoms with Crippen LogP contribution in [-0.2, 0) is 20.1 Å². The van der Waals surface area contributed by atoms with E-state index in [1.165, 1.54) is 18.9 Å². The first-order valence-corrected chi connectivity index (χ1v) is 11.3. The number of benzene rings is 2. The molecule has 2 aromatic carbocycles. The summed E-state index contributed by atoms with van der Waals surface area (Å²) in [7, 11) is 0. The van der Waals surface area contributed by atoms with E-state index in [0.717, 1.165) is 12.8 Å². The Hall–Kier alpha value is -3.41. The third-order valence-corrected chi connectivity index (χ3v) is 5.69. The number of aliphatic hydroxyl groups excluding tert-OH is 1. The van der Waals surface area contributed by atoms with Gasteiger partial charge in [-0.15, -0.1) is 0 Å². The molecule has 6 nitrogen and oxygen atoms in total. The van der Waals surface area contributed by atoms with Gasteiger partial charge in [-0.1, -0.05) is 105 Å². The molecule has 1 fully saturated rings. The molecule has 1 radical (unpaired) electrons. The second kappa shape index (κ2) is 14.1. The molecule has 3 N–H and O–H groups in total. The van der Waals surface area contributed by atoms with Crippen molar-refractivity contribution in [1.82, 2.24) is 4.98 Å². The topological polar surface area (TPSA) is 98.4 Å². The Labute approximate surface area is 220 Å². The zero-order valence-corrected chi connectivity index (χ0v) is 22.0. The van der Waals surface area contributed by atoms with Crippen LogP contribution in [-0.4, -0.2) is 28.0 Å². The molecule has 35 heavy (non-hydrogen) atoms. The molecule has 0 atom stereocenters. The van der Waals surface area contributed by atoms with Gasteiger partial charge in [0.25, 0.3) is 0 Å². The fourth-order valence-corrected chi connectivity index (χ4v) is 3.61. The third-order valence-electron chi connectivity index (χ3n) is 5.69. The van der Waals surface area contributed by atoms with Gasteiger partial charge >= 0.3 is 0 Å². The number of aliphatic hydroxyl groups is 1. The Morgan fingerprint density at radius 2 is 1.57 bits per heavy atom. The van der Waals surface area contributed by atoms with Gasteiger partial charge in [0.15, 0.2) is 5.78 Å². The van der Waals surface area contributed by atoms with Gasteiger partial charge in [0.2, 0.25) is 0 Å². The zero-order chi connectivity index (χ0) is 24.2. The summed E-state index contributed by atoms with van der Waals surface area (Å²) in [4.78, 5) is 19.9.